The number of hydrogen-bond donors (Lipinski definition) is 1. The lowest BCUT2D eigenvalue weighted by Gasteiger charge is -2.34. The molecule has 1 aliphatic heterocycles. The molecule has 22 heavy (non-hydrogen) atoms. The third kappa shape index (κ3) is 2.30. The van der Waals surface area contributed by atoms with Crippen molar-refractivity contribution in [2.45, 2.75) is 13.0 Å². The van der Waals surface area contributed by atoms with Crippen molar-refractivity contribution in [3.05, 3.63) is 54.1 Å². The maximum absolute atomic E-state index is 12.6. The van der Waals surface area contributed by atoms with Crippen molar-refractivity contribution in [3.8, 4) is 5.75 Å². The fraction of sp³-hybridized carbons (Fsp3) is 0.176. The molecule has 0 fully saturated rings. The molecule has 1 atom stereocenters. The molecule has 3 rings (SSSR count). The summed E-state index contributed by atoms with van der Waals surface area (Å²) in [5, 5.41) is 0. The van der Waals surface area contributed by atoms with Crippen molar-refractivity contribution in [1.29, 1.82) is 0 Å². The summed E-state index contributed by atoms with van der Waals surface area (Å²) in [5.41, 5.74) is 7.43. The molecule has 0 radical (unpaired) electrons. The molecule has 1 unspecified atom stereocenters. The van der Waals surface area contributed by atoms with Crippen molar-refractivity contribution in [2.24, 2.45) is 0 Å². The van der Waals surface area contributed by atoms with Gasteiger partial charge in [-0.1, -0.05) is 36.4 Å². The summed E-state index contributed by atoms with van der Waals surface area (Å²) in [5.74, 6) is 0.111. The standard InChI is InChI=1S/C17H16N2O3/c1-11(17(21)12-6-3-2-4-7-12)19-15(20)10-22-14-9-5-8-13(18)16(14)19/h2-9,11H,10,18H2,1H3. The van der Waals surface area contributed by atoms with Gasteiger partial charge in [0.25, 0.3) is 5.91 Å². The van der Waals surface area contributed by atoms with Gasteiger partial charge >= 0.3 is 0 Å². The molecule has 1 aliphatic rings. The highest BCUT2D eigenvalue weighted by molar-refractivity contribution is 6.10. The minimum absolute atomic E-state index is 0.0944. The number of fused-ring (bicyclic) bond motifs is 1. The average molecular weight is 296 g/mol. The van der Waals surface area contributed by atoms with E-state index in [0.29, 0.717) is 22.7 Å². The van der Waals surface area contributed by atoms with Gasteiger partial charge in [0, 0.05) is 5.56 Å². The van der Waals surface area contributed by atoms with Crippen LogP contribution in [0.5, 0.6) is 5.75 Å². The van der Waals surface area contributed by atoms with E-state index in [9.17, 15) is 9.59 Å². The maximum Gasteiger partial charge on any atom is 0.265 e. The number of nitrogens with zero attached hydrogens (tertiary/aromatic N) is 1. The average Bonchev–Trinajstić information content (AvgIpc) is 2.55. The number of anilines is 2. The van der Waals surface area contributed by atoms with E-state index < -0.39 is 6.04 Å². The molecule has 1 heterocycles. The fourth-order valence-electron chi connectivity index (χ4n) is 2.62. The normalized spacial score (nSPS) is 15.0. The molecule has 1 amide bonds. The molecule has 2 aromatic rings. The number of nitrogens with two attached hydrogens (primary N) is 1. The van der Waals surface area contributed by atoms with Crippen LogP contribution in [0.3, 0.4) is 0 Å². The van der Waals surface area contributed by atoms with Crippen molar-refractivity contribution >= 4 is 23.1 Å². The Morgan fingerprint density at radius 3 is 2.64 bits per heavy atom. The summed E-state index contributed by atoms with van der Waals surface area (Å²) in [4.78, 5) is 26.3. The SMILES string of the molecule is CC(C(=O)c1ccccc1)N1C(=O)COc2cccc(N)c21. The van der Waals surface area contributed by atoms with Crippen molar-refractivity contribution < 1.29 is 14.3 Å². The van der Waals surface area contributed by atoms with Crippen LogP contribution in [0.1, 0.15) is 17.3 Å². The molecule has 0 aliphatic carbocycles. The first-order valence-corrected chi connectivity index (χ1v) is 7.02. The van der Waals surface area contributed by atoms with E-state index >= 15 is 0 Å². The van der Waals surface area contributed by atoms with Crippen LogP contribution in [-0.2, 0) is 4.79 Å². The van der Waals surface area contributed by atoms with Crippen LogP contribution < -0.4 is 15.4 Å². The van der Waals surface area contributed by atoms with Crippen LogP contribution in [0.2, 0.25) is 0 Å². The molecule has 5 nitrogen and oxygen atoms in total. The van der Waals surface area contributed by atoms with Gasteiger partial charge in [-0.2, -0.15) is 0 Å². The second kappa shape index (κ2) is 5.52. The summed E-state index contributed by atoms with van der Waals surface area (Å²) in [7, 11) is 0. The van der Waals surface area contributed by atoms with Crippen LogP contribution in [-0.4, -0.2) is 24.3 Å². The predicted octanol–water partition coefficient (Wildman–Crippen LogP) is 2.27. The number of benzene rings is 2. The van der Waals surface area contributed by atoms with Gasteiger partial charge in [-0.25, -0.2) is 0 Å². The van der Waals surface area contributed by atoms with E-state index in [0.717, 1.165) is 0 Å². The third-order valence-corrected chi connectivity index (χ3v) is 3.72. The van der Waals surface area contributed by atoms with Gasteiger partial charge in [0.2, 0.25) is 0 Å². The number of rotatable bonds is 3. The number of carbonyl (C=O) groups excluding carboxylic acids is 2. The molecule has 0 bridgehead atoms. The molecule has 0 aromatic heterocycles. The van der Waals surface area contributed by atoms with E-state index in [2.05, 4.69) is 0 Å². The van der Waals surface area contributed by atoms with Gasteiger partial charge in [-0.15, -0.1) is 0 Å². The zero-order chi connectivity index (χ0) is 15.7. The Hall–Kier alpha value is -2.82. The predicted molar refractivity (Wildman–Crippen MR) is 84.1 cm³/mol. The molecule has 0 saturated heterocycles. The lowest BCUT2D eigenvalue weighted by atomic mass is 10.0. The fourth-order valence-corrected chi connectivity index (χ4v) is 2.62. The molecular weight excluding hydrogens is 280 g/mol. The second-order valence-corrected chi connectivity index (χ2v) is 5.15. The third-order valence-electron chi connectivity index (χ3n) is 3.72. The van der Waals surface area contributed by atoms with E-state index in [1.165, 1.54) is 4.90 Å². The smallest absolute Gasteiger partial charge is 0.265 e. The van der Waals surface area contributed by atoms with Crippen LogP contribution in [0.4, 0.5) is 11.4 Å². The van der Waals surface area contributed by atoms with Crippen LogP contribution in [0.25, 0.3) is 0 Å². The molecule has 2 aromatic carbocycles. The Morgan fingerprint density at radius 2 is 1.91 bits per heavy atom. The van der Waals surface area contributed by atoms with Gasteiger partial charge in [0.1, 0.15) is 11.4 Å². The monoisotopic (exact) mass is 296 g/mol. The maximum atomic E-state index is 12.6. The highest BCUT2D eigenvalue weighted by atomic mass is 16.5. The first-order chi connectivity index (χ1) is 10.6. The van der Waals surface area contributed by atoms with Crippen molar-refractivity contribution in [3.63, 3.8) is 0 Å². The molecule has 5 heteroatoms. The first kappa shape index (κ1) is 14.1. The summed E-state index contributed by atoms with van der Waals surface area (Å²) in [6.45, 7) is 1.61. The number of ketones is 1. The first-order valence-electron chi connectivity index (χ1n) is 7.02. The van der Waals surface area contributed by atoms with Gasteiger partial charge < -0.3 is 10.5 Å². The molecule has 2 N–H and O–H groups in total. The lowest BCUT2D eigenvalue weighted by molar-refractivity contribution is -0.121. The van der Waals surface area contributed by atoms with Gasteiger partial charge in [0.05, 0.1) is 11.7 Å². The van der Waals surface area contributed by atoms with E-state index in [-0.39, 0.29) is 18.3 Å². The minimum atomic E-state index is -0.651. The highest BCUT2D eigenvalue weighted by Crippen LogP contribution is 2.38. The summed E-state index contributed by atoms with van der Waals surface area (Å²) in [6.07, 6.45) is 0. The number of para-hydroxylation sites is 1. The Labute approximate surface area is 128 Å². The topological polar surface area (TPSA) is 72.6 Å². The summed E-state index contributed by atoms with van der Waals surface area (Å²) in [6, 6.07) is 13.4. The molecular formula is C17H16N2O3. The lowest BCUT2D eigenvalue weighted by Crippen LogP contribution is -2.48. The summed E-state index contributed by atoms with van der Waals surface area (Å²) < 4.78 is 5.40. The van der Waals surface area contributed by atoms with Crippen LogP contribution >= 0.6 is 0 Å². The number of nitrogen functional groups attached to an aromatic ring is 1. The van der Waals surface area contributed by atoms with Gasteiger partial charge in [-0.3, -0.25) is 14.5 Å². The second-order valence-electron chi connectivity index (χ2n) is 5.15. The van der Waals surface area contributed by atoms with Crippen molar-refractivity contribution in [1.82, 2.24) is 0 Å². The van der Waals surface area contributed by atoms with E-state index in [4.69, 9.17) is 10.5 Å². The molecule has 112 valence electrons. The Kier molecular flexibility index (Phi) is 3.55. The Bertz CT molecular complexity index is 728. The quantitative estimate of drug-likeness (QED) is 0.696. The zero-order valence-electron chi connectivity index (χ0n) is 12.2. The van der Waals surface area contributed by atoms with Gasteiger partial charge in [0.15, 0.2) is 12.4 Å². The van der Waals surface area contributed by atoms with Crippen molar-refractivity contribution in [2.75, 3.05) is 17.2 Å². The highest BCUT2D eigenvalue weighted by Gasteiger charge is 2.34. The summed E-state index contributed by atoms with van der Waals surface area (Å²) >= 11 is 0. The Morgan fingerprint density at radius 1 is 1.18 bits per heavy atom. The zero-order valence-corrected chi connectivity index (χ0v) is 12.2. The van der Waals surface area contributed by atoms with Crippen LogP contribution in [0.15, 0.2) is 48.5 Å². The number of carbonyl (C=O) groups is 2. The number of Topliss-reactive ketones (excluding diaryl/α,β-unsaturated/α-hetero) is 1. The molecule has 0 spiro atoms. The number of hydrogen-bond acceptors (Lipinski definition) is 4. The van der Waals surface area contributed by atoms with Crippen LogP contribution in [0, 0.1) is 0 Å². The van der Waals surface area contributed by atoms with E-state index in [1.807, 2.05) is 6.07 Å². The number of amides is 1. The van der Waals surface area contributed by atoms with E-state index in [1.54, 1.807) is 49.4 Å². The van der Waals surface area contributed by atoms with Gasteiger partial charge in [-0.05, 0) is 19.1 Å². The minimum Gasteiger partial charge on any atom is -0.481 e. The Balaban J connectivity index is 2.01. The largest absolute Gasteiger partial charge is 0.481 e. The molecule has 0 saturated carbocycles. The number of ether oxygens (including phenoxy) is 1.